The van der Waals surface area contributed by atoms with Gasteiger partial charge in [0.25, 0.3) is 0 Å². The van der Waals surface area contributed by atoms with E-state index in [1.165, 1.54) is 18.5 Å². The van der Waals surface area contributed by atoms with Crippen LogP contribution in [0.5, 0.6) is 0 Å². The van der Waals surface area contributed by atoms with E-state index in [-0.39, 0.29) is 0 Å². The maximum Gasteiger partial charge on any atom is 0.0657 e. The van der Waals surface area contributed by atoms with E-state index in [4.69, 9.17) is 5.73 Å². The van der Waals surface area contributed by atoms with Gasteiger partial charge in [-0.15, -0.1) is 0 Å². The molecule has 0 atom stereocenters. The van der Waals surface area contributed by atoms with Gasteiger partial charge in [-0.05, 0) is 18.6 Å². The van der Waals surface area contributed by atoms with E-state index in [0.29, 0.717) is 6.67 Å². The highest BCUT2D eigenvalue weighted by Crippen LogP contribution is 2.12. The van der Waals surface area contributed by atoms with Crippen molar-refractivity contribution in [3.63, 3.8) is 0 Å². The van der Waals surface area contributed by atoms with E-state index >= 15 is 0 Å². The molecule has 0 saturated heterocycles. The Morgan fingerprint density at radius 3 is 2.46 bits per heavy atom. The normalized spacial score (nSPS) is 10.0. The van der Waals surface area contributed by atoms with Crippen LogP contribution in [0.1, 0.15) is 19.8 Å². The van der Waals surface area contributed by atoms with E-state index in [9.17, 15) is 0 Å². The van der Waals surface area contributed by atoms with Crippen molar-refractivity contribution in [1.82, 2.24) is 0 Å². The van der Waals surface area contributed by atoms with Gasteiger partial charge in [0.05, 0.1) is 6.67 Å². The van der Waals surface area contributed by atoms with Crippen LogP contribution in [0.2, 0.25) is 0 Å². The van der Waals surface area contributed by atoms with Gasteiger partial charge in [0.1, 0.15) is 0 Å². The Labute approximate surface area is 80.4 Å². The topological polar surface area (TPSA) is 29.3 Å². The van der Waals surface area contributed by atoms with Gasteiger partial charge in [0.15, 0.2) is 0 Å². The first-order valence-corrected chi connectivity index (χ1v) is 4.88. The van der Waals surface area contributed by atoms with Gasteiger partial charge in [0.2, 0.25) is 0 Å². The third-order valence-corrected chi connectivity index (χ3v) is 2.12. The molecule has 2 nitrogen and oxygen atoms in total. The van der Waals surface area contributed by atoms with Crippen LogP contribution in [-0.2, 0) is 0 Å². The molecule has 1 aromatic rings. The zero-order valence-electron chi connectivity index (χ0n) is 8.24. The molecule has 1 rings (SSSR count). The van der Waals surface area contributed by atoms with Crippen LogP contribution in [0, 0.1) is 0 Å². The lowest BCUT2D eigenvalue weighted by atomic mass is 10.2. The number of rotatable bonds is 5. The number of benzene rings is 1. The third-order valence-electron chi connectivity index (χ3n) is 2.12. The molecule has 1 aromatic carbocycles. The molecule has 0 saturated carbocycles. The predicted octanol–water partition coefficient (Wildman–Crippen LogP) is 2.21. The maximum absolute atomic E-state index is 5.67. The van der Waals surface area contributed by atoms with Gasteiger partial charge in [-0.1, -0.05) is 31.5 Å². The second kappa shape index (κ2) is 5.60. The standard InChI is InChI=1S/C11H18N2/c1-2-3-9-13(10-12)11-7-5-4-6-8-11/h4-8H,2-3,9-10,12H2,1H3. The highest BCUT2D eigenvalue weighted by molar-refractivity contribution is 5.45. The number of nitrogens with two attached hydrogens (primary N) is 1. The van der Waals surface area contributed by atoms with Crippen molar-refractivity contribution in [1.29, 1.82) is 0 Å². The smallest absolute Gasteiger partial charge is 0.0657 e. The summed E-state index contributed by atoms with van der Waals surface area (Å²) in [5, 5.41) is 0. The van der Waals surface area contributed by atoms with Crippen LogP contribution in [0.15, 0.2) is 30.3 Å². The summed E-state index contributed by atoms with van der Waals surface area (Å²) in [5.74, 6) is 0. The van der Waals surface area contributed by atoms with Crippen molar-refractivity contribution in [2.75, 3.05) is 18.1 Å². The number of hydrogen-bond donors (Lipinski definition) is 1. The second-order valence-electron chi connectivity index (χ2n) is 3.14. The number of nitrogens with zero attached hydrogens (tertiary/aromatic N) is 1. The molecule has 0 heterocycles. The lowest BCUT2D eigenvalue weighted by Gasteiger charge is -2.22. The molecule has 0 aliphatic rings. The highest BCUT2D eigenvalue weighted by Gasteiger charge is 2.01. The molecule has 0 amide bonds. The first-order chi connectivity index (χ1) is 6.38. The average Bonchev–Trinajstić information content (AvgIpc) is 2.21. The molecule has 0 aliphatic heterocycles. The van der Waals surface area contributed by atoms with E-state index in [1.807, 2.05) is 18.2 Å². The summed E-state index contributed by atoms with van der Waals surface area (Å²) in [4.78, 5) is 2.20. The molecule has 2 N–H and O–H groups in total. The van der Waals surface area contributed by atoms with Crippen LogP contribution in [0.4, 0.5) is 5.69 Å². The number of para-hydroxylation sites is 1. The number of unbranched alkanes of at least 4 members (excludes halogenated alkanes) is 1. The minimum atomic E-state index is 0.601. The van der Waals surface area contributed by atoms with Crippen LogP contribution in [0.25, 0.3) is 0 Å². The molecule has 0 unspecified atom stereocenters. The summed E-state index contributed by atoms with van der Waals surface area (Å²) in [6.45, 7) is 3.85. The Hall–Kier alpha value is -1.02. The Kier molecular flexibility index (Phi) is 4.33. The van der Waals surface area contributed by atoms with E-state index in [2.05, 4.69) is 24.0 Å². The van der Waals surface area contributed by atoms with Gasteiger partial charge in [0, 0.05) is 12.2 Å². The zero-order valence-corrected chi connectivity index (χ0v) is 8.24. The van der Waals surface area contributed by atoms with Crippen LogP contribution in [-0.4, -0.2) is 13.2 Å². The van der Waals surface area contributed by atoms with Crippen LogP contribution >= 0.6 is 0 Å². The SMILES string of the molecule is CCCCN(CN)c1ccccc1. The Morgan fingerprint density at radius 2 is 1.92 bits per heavy atom. The van der Waals surface area contributed by atoms with Crippen molar-refractivity contribution in [2.24, 2.45) is 5.73 Å². The lowest BCUT2D eigenvalue weighted by molar-refractivity contribution is 0.723. The summed E-state index contributed by atoms with van der Waals surface area (Å²) >= 11 is 0. The average molecular weight is 178 g/mol. The second-order valence-corrected chi connectivity index (χ2v) is 3.14. The Morgan fingerprint density at radius 1 is 1.23 bits per heavy atom. The minimum absolute atomic E-state index is 0.601. The van der Waals surface area contributed by atoms with Crippen molar-refractivity contribution < 1.29 is 0 Å². The van der Waals surface area contributed by atoms with Gasteiger partial charge in [-0.2, -0.15) is 0 Å². The molecule has 0 fully saturated rings. The predicted molar refractivity (Wildman–Crippen MR) is 57.8 cm³/mol. The van der Waals surface area contributed by atoms with Gasteiger partial charge < -0.3 is 10.6 Å². The lowest BCUT2D eigenvalue weighted by Crippen LogP contribution is -2.30. The molecule has 13 heavy (non-hydrogen) atoms. The van der Waals surface area contributed by atoms with Gasteiger partial charge in [-0.3, -0.25) is 0 Å². The quantitative estimate of drug-likeness (QED) is 0.700. The third kappa shape index (κ3) is 3.07. The first kappa shape index (κ1) is 10.1. The molecular weight excluding hydrogens is 160 g/mol. The molecular formula is C11H18N2. The van der Waals surface area contributed by atoms with E-state index in [0.717, 1.165) is 6.54 Å². The molecule has 2 heteroatoms. The van der Waals surface area contributed by atoms with Crippen molar-refractivity contribution >= 4 is 5.69 Å². The van der Waals surface area contributed by atoms with Crippen molar-refractivity contribution in [3.05, 3.63) is 30.3 Å². The largest absolute Gasteiger partial charge is 0.359 e. The van der Waals surface area contributed by atoms with Gasteiger partial charge >= 0.3 is 0 Å². The van der Waals surface area contributed by atoms with E-state index < -0.39 is 0 Å². The summed E-state index contributed by atoms with van der Waals surface area (Å²) in [6.07, 6.45) is 2.41. The van der Waals surface area contributed by atoms with Crippen LogP contribution < -0.4 is 10.6 Å². The molecule has 0 aliphatic carbocycles. The minimum Gasteiger partial charge on any atom is -0.359 e. The fourth-order valence-electron chi connectivity index (χ4n) is 1.31. The maximum atomic E-state index is 5.67. The Balaban J connectivity index is 2.56. The molecule has 72 valence electrons. The Bertz CT molecular complexity index is 221. The van der Waals surface area contributed by atoms with Gasteiger partial charge in [-0.25, -0.2) is 0 Å². The fraction of sp³-hybridized carbons (Fsp3) is 0.455. The summed E-state index contributed by atoms with van der Waals surface area (Å²) in [6, 6.07) is 10.3. The number of anilines is 1. The van der Waals surface area contributed by atoms with Crippen molar-refractivity contribution in [2.45, 2.75) is 19.8 Å². The first-order valence-electron chi connectivity index (χ1n) is 4.88. The van der Waals surface area contributed by atoms with E-state index in [1.54, 1.807) is 0 Å². The monoisotopic (exact) mass is 178 g/mol. The summed E-state index contributed by atoms with van der Waals surface area (Å²) in [5.41, 5.74) is 6.89. The molecule has 0 aromatic heterocycles. The summed E-state index contributed by atoms with van der Waals surface area (Å²) < 4.78 is 0. The highest BCUT2D eigenvalue weighted by atomic mass is 15.2. The number of hydrogen-bond acceptors (Lipinski definition) is 2. The molecule has 0 bridgehead atoms. The van der Waals surface area contributed by atoms with Crippen LogP contribution in [0.3, 0.4) is 0 Å². The fourth-order valence-corrected chi connectivity index (χ4v) is 1.31. The van der Waals surface area contributed by atoms with Crippen molar-refractivity contribution in [3.8, 4) is 0 Å². The molecule has 0 spiro atoms. The zero-order chi connectivity index (χ0) is 9.52. The summed E-state index contributed by atoms with van der Waals surface area (Å²) in [7, 11) is 0. The molecule has 0 radical (unpaired) electrons.